The number of amides is 4. The Balaban J connectivity index is 2.28. The molecule has 39 heavy (non-hydrogen) atoms. The molecule has 11 N–H and O–H groups in total. The number of primary amides is 1. The number of benzene rings is 1. The molecule has 1 aromatic heterocycles. The second-order valence-electron chi connectivity index (χ2n) is 8.95. The lowest BCUT2D eigenvalue weighted by atomic mass is 10.0. The van der Waals surface area contributed by atoms with Crippen LogP contribution < -0.4 is 27.4 Å². The topological polar surface area (TPSA) is 263 Å². The summed E-state index contributed by atoms with van der Waals surface area (Å²) < 4.78 is 0. The standard InChI is InChI=1S/C24H33N7O8/c1-12(32)20(24(38)39)31-23(37)17(8-13-2-4-15(33)5-3-13)30-22(36)18(9-14-10-27-11-28-14)29-21(35)16(25)6-7-19(26)34/h2-5,10-12,16-18,20,32-33H,6-9,25H2,1H3,(H2,26,34)(H,27,28)(H,29,35)(H,30,36)(H,31,37)(H,38,39). The Labute approximate surface area is 223 Å². The molecule has 15 nitrogen and oxygen atoms in total. The summed E-state index contributed by atoms with van der Waals surface area (Å²) in [6, 6.07) is 0.368. The largest absolute Gasteiger partial charge is 0.508 e. The van der Waals surface area contributed by atoms with Gasteiger partial charge in [-0.05, 0) is 31.0 Å². The molecule has 212 valence electrons. The van der Waals surface area contributed by atoms with Crippen LogP contribution >= 0.6 is 0 Å². The van der Waals surface area contributed by atoms with Gasteiger partial charge in [-0.1, -0.05) is 12.1 Å². The number of aromatic hydroxyl groups is 1. The highest BCUT2D eigenvalue weighted by atomic mass is 16.4. The third kappa shape index (κ3) is 10.1. The summed E-state index contributed by atoms with van der Waals surface area (Å²) in [7, 11) is 0. The fraction of sp³-hybridized carbons (Fsp3) is 0.417. The molecule has 5 atom stereocenters. The number of carboxylic acids is 1. The number of phenols is 1. The number of aromatic amines is 1. The van der Waals surface area contributed by atoms with E-state index in [2.05, 4.69) is 25.9 Å². The lowest BCUT2D eigenvalue weighted by Gasteiger charge is -2.26. The van der Waals surface area contributed by atoms with Crippen molar-refractivity contribution in [1.29, 1.82) is 0 Å². The molecule has 0 bridgehead atoms. The molecule has 2 aromatic rings. The van der Waals surface area contributed by atoms with E-state index in [1.807, 2.05) is 0 Å². The number of carboxylic acid groups (broad SMARTS) is 1. The van der Waals surface area contributed by atoms with Crippen LogP contribution in [0.4, 0.5) is 0 Å². The Morgan fingerprint density at radius 3 is 2.10 bits per heavy atom. The Morgan fingerprint density at radius 2 is 1.56 bits per heavy atom. The molecule has 5 unspecified atom stereocenters. The van der Waals surface area contributed by atoms with E-state index in [0.717, 1.165) is 0 Å². The smallest absolute Gasteiger partial charge is 0.328 e. The number of nitrogens with one attached hydrogen (secondary N) is 4. The number of nitrogens with two attached hydrogens (primary N) is 2. The molecule has 0 saturated carbocycles. The summed E-state index contributed by atoms with van der Waals surface area (Å²) >= 11 is 0. The molecular weight excluding hydrogens is 514 g/mol. The van der Waals surface area contributed by atoms with E-state index in [9.17, 15) is 39.3 Å². The zero-order chi connectivity index (χ0) is 29.1. The maximum atomic E-state index is 13.3. The number of hydrogen-bond donors (Lipinski definition) is 9. The van der Waals surface area contributed by atoms with Gasteiger partial charge in [0.15, 0.2) is 6.04 Å². The van der Waals surface area contributed by atoms with Crippen molar-refractivity contribution in [3.63, 3.8) is 0 Å². The number of aliphatic hydroxyl groups is 1. The van der Waals surface area contributed by atoms with Crippen molar-refractivity contribution in [3.05, 3.63) is 48.0 Å². The highest BCUT2D eigenvalue weighted by Gasteiger charge is 2.32. The number of aliphatic carboxylic acids is 1. The van der Waals surface area contributed by atoms with Gasteiger partial charge >= 0.3 is 5.97 Å². The Hall–Kier alpha value is -4.50. The van der Waals surface area contributed by atoms with Gasteiger partial charge in [0.05, 0.1) is 18.5 Å². The second-order valence-corrected chi connectivity index (χ2v) is 8.95. The molecule has 0 aliphatic heterocycles. The quantitative estimate of drug-likeness (QED) is 0.112. The lowest BCUT2D eigenvalue weighted by molar-refractivity contribution is -0.145. The van der Waals surface area contributed by atoms with Crippen LogP contribution in [-0.4, -0.2) is 85.2 Å². The molecule has 1 heterocycles. The summed E-state index contributed by atoms with van der Waals surface area (Å²) in [6.45, 7) is 1.18. The number of H-pyrrole nitrogens is 1. The van der Waals surface area contributed by atoms with Gasteiger partial charge in [0, 0.05) is 31.2 Å². The average molecular weight is 548 g/mol. The van der Waals surface area contributed by atoms with E-state index in [-0.39, 0.29) is 31.4 Å². The molecule has 1 aromatic carbocycles. The number of aliphatic hydroxyl groups excluding tert-OH is 1. The molecule has 0 fully saturated rings. The average Bonchev–Trinajstić information content (AvgIpc) is 3.38. The minimum atomic E-state index is -1.65. The second kappa shape index (κ2) is 14.4. The number of rotatable bonds is 15. The predicted octanol–water partition coefficient (Wildman–Crippen LogP) is -2.59. The number of nitrogens with zero attached hydrogens (tertiary/aromatic N) is 1. The molecule has 15 heteroatoms. The fourth-order valence-electron chi connectivity index (χ4n) is 3.52. The zero-order valence-corrected chi connectivity index (χ0v) is 21.2. The van der Waals surface area contributed by atoms with Gasteiger partial charge in [0.2, 0.25) is 23.6 Å². The maximum absolute atomic E-state index is 13.3. The number of carbonyl (C=O) groups is 5. The monoisotopic (exact) mass is 547 g/mol. The summed E-state index contributed by atoms with van der Waals surface area (Å²) in [5.41, 5.74) is 11.9. The first-order valence-electron chi connectivity index (χ1n) is 12.0. The van der Waals surface area contributed by atoms with Crippen LogP contribution in [0.1, 0.15) is 31.0 Å². The minimum absolute atomic E-state index is 0.0289. The van der Waals surface area contributed by atoms with E-state index in [1.54, 1.807) is 0 Å². The molecule has 2 rings (SSSR count). The van der Waals surface area contributed by atoms with Crippen LogP contribution in [0.15, 0.2) is 36.8 Å². The van der Waals surface area contributed by atoms with E-state index in [0.29, 0.717) is 11.3 Å². The van der Waals surface area contributed by atoms with E-state index in [1.165, 1.54) is 43.7 Å². The molecule has 0 spiro atoms. The molecule has 4 amide bonds. The first kappa shape index (κ1) is 30.7. The summed E-state index contributed by atoms with van der Waals surface area (Å²) in [4.78, 5) is 68.3. The van der Waals surface area contributed by atoms with Gasteiger partial charge in [-0.15, -0.1) is 0 Å². The number of aromatic nitrogens is 2. The van der Waals surface area contributed by atoms with Gasteiger partial charge in [-0.25, -0.2) is 9.78 Å². The van der Waals surface area contributed by atoms with Crippen molar-refractivity contribution in [3.8, 4) is 5.75 Å². The van der Waals surface area contributed by atoms with Crippen molar-refractivity contribution >= 4 is 29.6 Å². The predicted molar refractivity (Wildman–Crippen MR) is 136 cm³/mol. The number of phenolic OH excluding ortho intramolecular Hbond substituents is 1. The van der Waals surface area contributed by atoms with Gasteiger partial charge < -0.3 is 47.7 Å². The van der Waals surface area contributed by atoms with E-state index >= 15 is 0 Å². The third-order valence-corrected chi connectivity index (χ3v) is 5.71. The Bertz CT molecular complexity index is 1140. The number of carbonyl (C=O) groups excluding carboxylic acids is 4. The highest BCUT2D eigenvalue weighted by molar-refractivity contribution is 5.94. The highest BCUT2D eigenvalue weighted by Crippen LogP contribution is 2.12. The minimum Gasteiger partial charge on any atom is -0.508 e. The summed E-state index contributed by atoms with van der Waals surface area (Å²) in [6.07, 6.45) is 0.974. The van der Waals surface area contributed by atoms with Gasteiger partial charge in [-0.2, -0.15) is 0 Å². The van der Waals surface area contributed by atoms with E-state index in [4.69, 9.17) is 11.5 Å². The molecule has 0 aliphatic rings. The van der Waals surface area contributed by atoms with Gasteiger partial charge in [0.1, 0.15) is 17.8 Å². The lowest BCUT2D eigenvalue weighted by Crippen LogP contribution is -2.59. The summed E-state index contributed by atoms with van der Waals surface area (Å²) in [5.74, 6) is -4.61. The SMILES string of the molecule is CC(O)C(NC(=O)C(Cc1ccc(O)cc1)NC(=O)C(Cc1cnc[nH]1)NC(=O)C(N)CCC(N)=O)C(=O)O. The maximum Gasteiger partial charge on any atom is 0.328 e. The number of hydrogen-bond acceptors (Lipinski definition) is 9. The van der Waals surface area contributed by atoms with Crippen LogP contribution in [0.2, 0.25) is 0 Å². The first-order valence-corrected chi connectivity index (χ1v) is 12.0. The molecule has 0 aliphatic carbocycles. The van der Waals surface area contributed by atoms with Crippen molar-refractivity contribution in [2.75, 3.05) is 0 Å². The fourth-order valence-corrected chi connectivity index (χ4v) is 3.52. The number of imidazole rings is 1. The molecular formula is C24H33N7O8. The van der Waals surface area contributed by atoms with Crippen LogP contribution in [0.25, 0.3) is 0 Å². The molecule has 0 radical (unpaired) electrons. The Kier molecular flexibility index (Phi) is 11.4. The molecule has 0 saturated heterocycles. The van der Waals surface area contributed by atoms with Crippen molar-refractivity contribution < 1.29 is 39.3 Å². The van der Waals surface area contributed by atoms with Gasteiger partial charge in [0.25, 0.3) is 0 Å². The van der Waals surface area contributed by atoms with Crippen molar-refractivity contribution in [1.82, 2.24) is 25.9 Å². The third-order valence-electron chi connectivity index (χ3n) is 5.71. The Morgan fingerprint density at radius 1 is 0.974 bits per heavy atom. The van der Waals surface area contributed by atoms with Crippen LogP contribution in [-0.2, 0) is 36.8 Å². The normalized spacial score (nSPS) is 14.7. The van der Waals surface area contributed by atoms with E-state index < -0.39 is 59.9 Å². The van der Waals surface area contributed by atoms with Crippen molar-refractivity contribution in [2.45, 2.75) is 62.9 Å². The van der Waals surface area contributed by atoms with Gasteiger partial charge in [-0.3, -0.25) is 19.2 Å². The van der Waals surface area contributed by atoms with Crippen LogP contribution in [0.5, 0.6) is 5.75 Å². The summed E-state index contributed by atoms with van der Waals surface area (Å²) in [5, 5.41) is 35.9. The van der Waals surface area contributed by atoms with Crippen molar-refractivity contribution in [2.24, 2.45) is 11.5 Å². The first-order chi connectivity index (χ1) is 18.4. The zero-order valence-electron chi connectivity index (χ0n) is 21.2. The van der Waals surface area contributed by atoms with Crippen LogP contribution in [0, 0.1) is 0 Å². The van der Waals surface area contributed by atoms with Crippen LogP contribution in [0.3, 0.4) is 0 Å².